The van der Waals surface area contributed by atoms with Crippen molar-refractivity contribution in [1.29, 1.82) is 0 Å². The Bertz CT molecular complexity index is 712. The van der Waals surface area contributed by atoms with Gasteiger partial charge in [-0.2, -0.15) is 0 Å². The van der Waals surface area contributed by atoms with Crippen LogP contribution in [0.4, 0.5) is 10.1 Å². The van der Waals surface area contributed by atoms with Gasteiger partial charge in [-0.25, -0.2) is 4.39 Å². The fourth-order valence-electron chi connectivity index (χ4n) is 1.83. The molecule has 0 atom stereocenters. The van der Waals surface area contributed by atoms with E-state index in [1.165, 1.54) is 31.2 Å². The molecule has 0 aromatic heterocycles. The third kappa shape index (κ3) is 2.35. The number of hydrogen-bond donors (Lipinski definition) is 1. The number of hydrogen-bond acceptors (Lipinski definition) is 4. The average Bonchev–Trinajstić information content (AvgIpc) is 2.41. The molecule has 0 spiro atoms. The maximum atomic E-state index is 13.6. The summed E-state index contributed by atoms with van der Waals surface area (Å²) < 4.78 is 13.6. The van der Waals surface area contributed by atoms with Crippen LogP contribution in [-0.2, 0) is 0 Å². The van der Waals surface area contributed by atoms with Gasteiger partial charge >= 0.3 is 5.69 Å². The number of aryl methyl sites for hydroxylation is 1. The monoisotopic (exact) mass is 275 g/mol. The topological polar surface area (TPSA) is 80.4 Å². The number of nitro groups is 1. The standard InChI is InChI=1S/C14H10FNO4/c1-8-6-9(7-12(13(8)17)16(19)20)14(18)10-4-2-3-5-11(10)15/h2-7,17H,1H3. The smallest absolute Gasteiger partial charge is 0.311 e. The number of phenols is 1. The van der Waals surface area contributed by atoms with Crippen molar-refractivity contribution in [2.24, 2.45) is 0 Å². The van der Waals surface area contributed by atoms with Crippen LogP contribution >= 0.6 is 0 Å². The van der Waals surface area contributed by atoms with Crippen LogP contribution in [0.3, 0.4) is 0 Å². The highest BCUT2D eigenvalue weighted by molar-refractivity contribution is 6.09. The minimum absolute atomic E-state index is 0.0444. The van der Waals surface area contributed by atoms with Crippen LogP contribution in [0, 0.1) is 22.9 Å². The molecule has 0 radical (unpaired) electrons. The molecule has 20 heavy (non-hydrogen) atoms. The Labute approximate surface area is 113 Å². The average molecular weight is 275 g/mol. The van der Waals surface area contributed by atoms with Gasteiger partial charge in [-0.05, 0) is 30.7 Å². The van der Waals surface area contributed by atoms with Gasteiger partial charge in [-0.3, -0.25) is 14.9 Å². The number of halogens is 1. The third-order valence-electron chi connectivity index (χ3n) is 2.86. The first-order chi connectivity index (χ1) is 9.41. The van der Waals surface area contributed by atoms with Crippen LogP contribution in [0.25, 0.3) is 0 Å². The lowest BCUT2D eigenvalue weighted by Crippen LogP contribution is -2.05. The van der Waals surface area contributed by atoms with Crippen molar-refractivity contribution in [3.8, 4) is 5.75 Å². The second-order valence-electron chi connectivity index (χ2n) is 4.23. The molecule has 2 aromatic rings. The predicted molar refractivity (Wildman–Crippen MR) is 69.3 cm³/mol. The molecule has 0 aliphatic heterocycles. The van der Waals surface area contributed by atoms with Gasteiger partial charge in [0.25, 0.3) is 0 Å². The maximum Gasteiger partial charge on any atom is 0.311 e. The Morgan fingerprint density at radius 3 is 2.55 bits per heavy atom. The van der Waals surface area contributed by atoms with E-state index >= 15 is 0 Å². The molecular weight excluding hydrogens is 265 g/mol. The molecule has 0 aliphatic rings. The van der Waals surface area contributed by atoms with Gasteiger partial charge in [0.05, 0.1) is 10.5 Å². The van der Waals surface area contributed by atoms with E-state index in [9.17, 15) is 24.4 Å². The predicted octanol–water partition coefficient (Wildman–Crippen LogP) is 2.98. The van der Waals surface area contributed by atoms with Crippen molar-refractivity contribution in [2.75, 3.05) is 0 Å². The zero-order valence-electron chi connectivity index (χ0n) is 10.5. The fraction of sp³-hybridized carbons (Fsp3) is 0.0714. The Kier molecular flexibility index (Phi) is 3.47. The first kappa shape index (κ1) is 13.7. The van der Waals surface area contributed by atoms with E-state index in [1.807, 2.05) is 0 Å². The van der Waals surface area contributed by atoms with Gasteiger partial charge in [0.15, 0.2) is 11.5 Å². The maximum absolute atomic E-state index is 13.6. The zero-order chi connectivity index (χ0) is 14.9. The van der Waals surface area contributed by atoms with Gasteiger partial charge in [0, 0.05) is 11.6 Å². The van der Waals surface area contributed by atoms with E-state index < -0.39 is 28.0 Å². The van der Waals surface area contributed by atoms with E-state index in [1.54, 1.807) is 0 Å². The van der Waals surface area contributed by atoms with Crippen molar-refractivity contribution < 1.29 is 19.2 Å². The van der Waals surface area contributed by atoms with E-state index in [2.05, 4.69) is 0 Å². The highest BCUT2D eigenvalue weighted by Crippen LogP contribution is 2.31. The zero-order valence-corrected chi connectivity index (χ0v) is 10.5. The van der Waals surface area contributed by atoms with Crippen molar-refractivity contribution in [2.45, 2.75) is 6.92 Å². The molecule has 2 rings (SSSR count). The Morgan fingerprint density at radius 2 is 1.95 bits per heavy atom. The number of ketones is 1. The number of carbonyl (C=O) groups is 1. The number of carbonyl (C=O) groups excluding carboxylic acids is 1. The molecule has 0 bridgehead atoms. The lowest BCUT2D eigenvalue weighted by Gasteiger charge is -2.06. The van der Waals surface area contributed by atoms with Crippen molar-refractivity contribution >= 4 is 11.5 Å². The number of nitro benzene ring substituents is 1. The first-order valence-corrected chi connectivity index (χ1v) is 5.69. The molecule has 102 valence electrons. The molecule has 2 aromatic carbocycles. The summed E-state index contributed by atoms with van der Waals surface area (Å²) in [7, 11) is 0. The summed E-state index contributed by atoms with van der Waals surface area (Å²) in [4.78, 5) is 22.2. The summed E-state index contributed by atoms with van der Waals surface area (Å²) in [6, 6.07) is 7.60. The lowest BCUT2D eigenvalue weighted by molar-refractivity contribution is -0.385. The third-order valence-corrected chi connectivity index (χ3v) is 2.86. The Morgan fingerprint density at radius 1 is 1.30 bits per heavy atom. The number of nitrogens with zero attached hydrogens (tertiary/aromatic N) is 1. The largest absolute Gasteiger partial charge is 0.502 e. The minimum atomic E-state index is -0.791. The van der Waals surface area contributed by atoms with Gasteiger partial charge in [0.2, 0.25) is 0 Å². The number of phenolic OH excluding ortho intramolecular Hbond substituents is 1. The summed E-state index contributed by atoms with van der Waals surface area (Å²) in [5.41, 5.74) is -0.618. The van der Waals surface area contributed by atoms with Crippen LogP contribution < -0.4 is 0 Å². The lowest BCUT2D eigenvalue weighted by atomic mass is 10.00. The van der Waals surface area contributed by atoms with Gasteiger partial charge in [-0.1, -0.05) is 12.1 Å². The summed E-state index contributed by atoms with van der Waals surface area (Å²) >= 11 is 0. The van der Waals surface area contributed by atoms with Crippen molar-refractivity contribution in [1.82, 2.24) is 0 Å². The number of rotatable bonds is 3. The SMILES string of the molecule is Cc1cc(C(=O)c2ccccc2F)cc([N+](=O)[O-])c1O. The van der Waals surface area contributed by atoms with E-state index in [-0.39, 0.29) is 16.7 Å². The van der Waals surface area contributed by atoms with E-state index in [0.29, 0.717) is 0 Å². The quantitative estimate of drug-likeness (QED) is 0.530. The molecule has 0 unspecified atom stereocenters. The molecule has 5 nitrogen and oxygen atoms in total. The molecule has 0 saturated carbocycles. The molecule has 1 N–H and O–H groups in total. The number of aromatic hydroxyl groups is 1. The van der Waals surface area contributed by atoms with Crippen LogP contribution in [0.5, 0.6) is 5.75 Å². The molecule has 0 fully saturated rings. The van der Waals surface area contributed by atoms with Crippen molar-refractivity contribution in [3.05, 3.63) is 69.0 Å². The first-order valence-electron chi connectivity index (χ1n) is 5.69. The molecule has 0 heterocycles. The Hall–Kier alpha value is -2.76. The summed E-state index contributed by atoms with van der Waals surface area (Å²) in [5, 5.41) is 20.4. The van der Waals surface area contributed by atoms with Crippen LogP contribution in [0.1, 0.15) is 21.5 Å². The van der Waals surface area contributed by atoms with E-state index in [4.69, 9.17) is 0 Å². The summed E-state index contributed by atoms with van der Waals surface area (Å²) in [5.74, 6) is -1.87. The summed E-state index contributed by atoms with van der Waals surface area (Å²) in [6.45, 7) is 1.43. The van der Waals surface area contributed by atoms with E-state index in [0.717, 1.165) is 12.1 Å². The minimum Gasteiger partial charge on any atom is -0.502 e. The molecule has 0 amide bonds. The van der Waals surface area contributed by atoms with Crippen molar-refractivity contribution in [3.63, 3.8) is 0 Å². The molecule has 0 aliphatic carbocycles. The Balaban J connectivity index is 2.57. The molecule has 6 heteroatoms. The molecule has 0 saturated heterocycles. The summed E-state index contributed by atoms with van der Waals surface area (Å²) in [6.07, 6.45) is 0. The van der Waals surface area contributed by atoms with Gasteiger partial charge < -0.3 is 5.11 Å². The highest BCUT2D eigenvalue weighted by atomic mass is 19.1. The van der Waals surface area contributed by atoms with Crippen LogP contribution in [-0.4, -0.2) is 15.8 Å². The van der Waals surface area contributed by atoms with Crippen LogP contribution in [0.2, 0.25) is 0 Å². The second-order valence-corrected chi connectivity index (χ2v) is 4.23. The highest BCUT2D eigenvalue weighted by Gasteiger charge is 2.21. The molecular formula is C14H10FNO4. The van der Waals surface area contributed by atoms with Crippen LogP contribution in [0.15, 0.2) is 36.4 Å². The van der Waals surface area contributed by atoms with Gasteiger partial charge in [0.1, 0.15) is 5.82 Å². The fourth-order valence-corrected chi connectivity index (χ4v) is 1.83. The number of benzene rings is 2. The van der Waals surface area contributed by atoms with Gasteiger partial charge in [-0.15, -0.1) is 0 Å². The second kappa shape index (κ2) is 5.08. The normalized spacial score (nSPS) is 10.3.